The van der Waals surface area contributed by atoms with Crippen LogP contribution in [0.3, 0.4) is 0 Å². The molecule has 0 aromatic heterocycles. The quantitative estimate of drug-likeness (QED) is 0.829. The van der Waals surface area contributed by atoms with E-state index in [0.29, 0.717) is 24.5 Å². The number of hydrogen-bond donors (Lipinski definition) is 1. The Labute approximate surface area is 142 Å². The van der Waals surface area contributed by atoms with E-state index in [1.54, 1.807) is 6.26 Å². The topological polar surface area (TPSA) is 49.8 Å². The van der Waals surface area contributed by atoms with E-state index in [2.05, 4.69) is 25.7 Å². The van der Waals surface area contributed by atoms with Gasteiger partial charge in [0.05, 0.1) is 12.7 Å². The van der Waals surface area contributed by atoms with Crippen LogP contribution in [0.5, 0.6) is 5.75 Å². The lowest BCUT2D eigenvalue weighted by Gasteiger charge is -2.26. The molecule has 0 saturated carbocycles. The smallest absolute Gasteiger partial charge is 0.119 e. The average Bonchev–Trinajstić information content (AvgIpc) is 2.85. The van der Waals surface area contributed by atoms with Crippen molar-refractivity contribution in [3.8, 4) is 5.75 Å². The lowest BCUT2D eigenvalue weighted by atomic mass is 10.1. The maximum atomic E-state index is 11.4. The third-order valence-electron chi connectivity index (χ3n) is 4.62. The minimum atomic E-state index is -0.948. The molecule has 1 aliphatic rings. The first-order valence-electron chi connectivity index (χ1n) is 8.35. The Morgan fingerprint density at radius 1 is 1.35 bits per heavy atom. The van der Waals surface area contributed by atoms with E-state index >= 15 is 0 Å². The number of aliphatic hydroxyl groups excluding tert-OH is 1. The van der Waals surface area contributed by atoms with Gasteiger partial charge in [-0.15, -0.1) is 0 Å². The van der Waals surface area contributed by atoms with Crippen LogP contribution in [0, 0.1) is 11.8 Å². The van der Waals surface area contributed by atoms with Crippen LogP contribution in [-0.4, -0.2) is 52.3 Å². The van der Waals surface area contributed by atoms with Gasteiger partial charge in [-0.1, -0.05) is 13.8 Å². The summed E-state index contributed by atoms with van der Waals surface area (Å²) in [6.45, 7) is 8.73. The highest BCUT2D eigenvalue weighted by Crippen LogP contribution is 2.25. The second-order valence-corrected chi connectivity index (χ2v) is 8.33. The monoisotopic (exact) mass is 339 g/mol. The summed E-state index contributed by atoms with van der Waals surface area (Å²) in [5, 5.41) is 10.1. The highest BCUT2D eigenvalue weighted by molar-refractivity contribution is 7.84. The molecule has 0 spiro atoms. The standard InChI is InChI=1S/C18H29NO3S/c1-13(2)18(20)11-19-10-15(9-14(19)3)12-22-16-5-7-17(8-6-16)23(4)21/h5-8,13-15,18,20H,9-12H2,1-4H3. The summed E-state index contributed by atoms with van der Waals surface area (Å²) in [5.41, 5.74) is 0. The fourth-order valence-corrected chi connectivity index (χ4v) is 3.50. The Morgan fingerprint density at radius 3 is 2.57 bits per heavy atom. The summed E-state index contributed by atoms with van der Waals surface area (Å²) >= 11 is 0. The highest BCUT2D eigenvalue weighted by atomic mass is 32.2. The van der Waals surface area contributed by atoms with Crippen molar-refractivity contribution in [1.29, 1.82) is 0 Å². The third kappa shape index (κ3) is 5.30. The lowest BCUT2D eigenvalue weighted by Crippen LogP contribution is -2.37. The Bertz CT molecular complexity index is 518. The van der Waals surface area contributed by atoms with Crippen molar-refractivity contribution >= 4 is 10.8 Å². The number of nitrogens with zero attached hydrogens (tertiary/aromatic N) is 1. The molecule has 2 rings (SSSR count). The predicted molar refractivity (Wildman–Crippen MR) is 94.3 cm³/mol. The molecule has 0 radical (unpaired) electrons. The molecule has 23 heavy (non-hydrogen) atoms. The molecule has 4 atom stereocenters. The van der Waals surface area contributed by atoms with Crippen LogP contribution in [0.15, 0.2) is 29.2 Å². The zero-order chi connectivity index (χ0) is 17.0. The van der Waals surface area contributed by atoms with Gasteiger partial charge < -0.3 is 9.84 Å². The Kier molecular flexibility index (Phi) is 6.62. The number of β-amino-alcohol motifs (C(OH)–C–C–N with tert-alkyl or cyclic N) is 1. The summed E-state index contributed by atoms with van der Waals surface area (Å²) in [7, 11) is -0.948. The number of ether oxygens (including phenoxy) is 1. The van der Waals surface area contributed by atoms with E-state index in [-0.39, 0.29) is 6.10 Å². The van der Waals surface area contributed by atoms with E-state index in [1.807, 2.05) is 24.3 Å². The first kappa shape index (κ1) is 18.4. The van der Waals surface area contributed by atoms with Gasteiger partial charge in [-0.25, -0.2) is 0 Å². The number of aliphatic hydroxyl groups is 1. The normalized spacial score (nSPS) is 24.8. The lowest BCUT2D eigenvalue weighted by molar-refractivity contribution is 0.0720. The molecule has 1 saturated heterocycles. The van der Waals surface area contributed by atoms with E-state index < -0.39 is 10.8 Å². The van der Waals surface area contributed by atoms with Crippen molar-refractivity contribution in [2.24, 2.45) is 11.8 Å². The summed E-state index contributed by atoms with van der Waals surface area (Å²) < 4.78 is 17.3. The fraction of sp³-hybridized carbons (Fsp3) is 0.667. The van der Waals surface area contributed by atoms with Gasteiger partial charge in [0.2, 0.25) is 0 Å². The Hall–Kier alpha value is -0.910. The first-order valence-corrected chi connectivity index (χ1v) is 9.91. The molecule has 1 heterocycles. The zero-order valence-corrected chi connectivity index (χ0v) is 15.4. The predicted octanol–water partition coefficient (Wildman–Crippen LogP) is 2.53. The van der Waals surface area contributed by atoms with Crippen molar-refractivity contribution < 1.29 is 14.1 Å². The molecule has 5 heteroatoms. The van der Waals surface area contributed by atoms with Crippen LogP contribution in [0.2, 0.25) is 0 Å². The van der Waals surface area contributed by atoms with Crippen LogP contribution in [0.4, 0.5) is 0 Å². The van der Waals surface area contributed by atoms with Gasteiger partial charge in [-0.05, 0) is 43.5 Å². The third-order valence-corrected chi connectivity index (χ3v) is 5.56. The van der Waals surface area contributed by atoms with Crippen LogP contribution in [-0.2, 0) is 10.8 Å². The van der Waals surface area contributed by atoms with E-state index in [9.17, 15) is 9.32 Å². The van der Waals surface area contributed by atoms with Crippen molar-refractivity contribution in [2.45, 2.75) is 44.2 Å². The fourth-order valence-electron chi connectivity index (χ4n) is 2.99. The van der Waals surface area contributed by atoms with Crippen LogP contribution >= 0.6 is 0 Å². The largest absolute Gasteiger partial charge is 0.493 e. The molecule has 1 fully saturated rings. The van der Waals surface area contributed by atoms with E-state index in [4.69, 9.17) is 4.74 Å². The average molecular weight is 340 g/mol. The van der Waals surface area contributed by atoms with Gasteiger partial charge in [0, 0.05) is 47.0 Å². The maximum absolute atomic E-state index is 11.4. The van der Waals surface area contributed by atoms with Crippen LogP contribution in [0.1, 0.15) is 27.2 Å². The molecule has 1 N–H and O–H groups in total. The minimum absolute atomic E-state index is 0.264. The number of likely N-dealkylation sites (tertiary alicyclic amines) is 1. The SMILES string of the molecule is CC(C)C(O)CN1CC(COc2ccc(S(C)=O)cc2)CC1C. The summed E-state index contributed by atoms with van der Waals surface area (Å²) in [6, 6.07) is 7.97. The molecule has 130 valence electrons. The first-order chi connectivity index (χ1) is 10.9. The molecule has 1 aromatic rings. The second kappa shape index (κ2) is 8.27. The number of hydrogen-bond acceptors (Lipinski definition) is 4. The Morgan fingerprint density at radius 2 is 2.00 bits per heavy atom. The molecule has 0 amide bonds. The molecular formula is C18H29NO3S. The molecular weight excluding hydrogens is 310 g/mol. The van der Waals surface area contributed by atoms with E-state index in [1.165, 1.54) is 0 Å². The van der Waals surface area contributed by atoms with Gasteiger partial charge >= 0.3 is 0 Å². The summed E-state index contributed by atoms with van der Waals surface area (Å²) in [6.07, 6.45) is 2.51. The summed E-state index contributed by atoms with van der Waals surface area (Å²) in [4.78, 5) is 3.18. The second-order valence-electron chi connectivity index (χ2n) is 6.95. The van der Waals surface area contributed by atoms with Crippen molar-refractivity contribution in [3.05, 3.63) is 24.3 Å². The molecule has 1 aliphatic heterocycles. The summed E-state index contributed by atoms with van der Waals surface area (Å²) in [5.74, 6) is 1.61. The molecule has 4 nitrogen and oxygen atoms in total. The van der Waals surface area contributed by atoms with Crippen LogP contribution < -0.4 is 4.74 Å². The van der Waals surface area contributed by atoms with Gasteiger partial charge in [-0.2, -0.15) is 0 Å². The zero-order valence-electron chi connectivity index (χ0n) is 14.6. The van der Waals surface area contributed by atoms with Crippen molar-refractivity contribution in [3.63, 3.8) is 0 Å². The van der Waals surface area contributed by atoms with Crippen molar-refractivity contribution in [1.82, 2.24) is 4.90 Å². The molecule has 4 unspecified atom stereocenters. The number of rotatable bonds is 7. The van der Waals surface area contributed by atoms with E-state index in [0.717, 1.165) is 30.2 Å². The highest BCUT2D eigenvalue weighted by Gasteiger charge is 2.31. The number of benzene rings is 1. The van der Waals surface area contributed by atoms with Gasteiger partial charge in [0.15, 0.2) is 0 Å². The minimum Gasteiger partial charge on any atom is -0.493 e. The van der Waals surface area contributed by atoms with Gasteiger partial charge in [0.1, 0.15) is 5.75 Å². The molecule has 1 aromatic carbocycles. The Balaban J connectivity index is 1.81. The van der Waals surface area contributed by atoms with Crippen LogP contribution in [0.25, 0.3) is 0 Å². The molecule has 0 aliphatic carbocycles. The molecule has 0 bridgehead atoms. The maximum Gasteiger partial charge on any atom is 0.119 e. The van der Waals surface area contributed by atoms with Gasteiger partial charge in [0.25, 0.3) is 0 Å². The van der Waals surface area contributed by atoms with Gasteiger partial charge in [-0.3, -0.25) is 9.11 Å². The van der Waals surface area contributed by atoms with Crippen molar-refractivity contribution in [2.75, 3.05) is 26.0 Å².